The van der Waals surface area contributed by atoms with Gasteiger partial charge in [-0.2, -0.15) is 5.10 Å². The fourth-order valence-corrected chi connectivity index (χ4v) is 7.12. The number of pyridine rings is 1. The smallest absolute Gasteiger partial charge is 0.322 e. The molecule has 0 saturated heterocycles. The summed E-state index contributed by atoms with van der Waals surface area (Å²) in [6.45, 7) is 9.18. The summed E-state index contributed by atoms with van der Waals surface area (Å²) in [5.41, 5.74) is 13.4. The number of benzene rings is 2. The number of halogens is 1. The maximum absolute atomic E-state index is 15.8. The first-order chi connectivity index (χ1) is 22.7. The number of nitrogens with one attached hydrogen (secondary N) is 1. The molecule has 2 aromatic carbocycles. The highest BCUT2D eigenvalue weighted by molar-refractivity contribution is 7.23. The van der Waals surface area contributed by atoms with Crippen molar-refractivity contribution in [3.63, 3.8) is 0 Å². The molecule has 6 aromatic rings. The van der Waals surface area contributed by atoms with E-state index in [1.54, 1.807) is 48.9 Å². The van der Waals surface area contributed by atoms with E-state index in [0.717, 1.165) is 55.6 Å². The van der Waals surface area contributed by atoms with Crippen molar-refractivity contribution >= 4 is 38.8 Å². The molecule has 1 fully saturated rings. The van der Waals surface area contributed by atoms with Gasteiger partial charge in [-0.25, -0.2) is 19.3 Å². The summed E-state index contributed by atoms with van der Waals surface area (Å²) in [5.74, 6) is -0.481. The Bertz CT molecular complexity index is 2200. The first-order valence-corrected chi connectivity index (χ1v) is 16.1. The second-order valence-electron chi connectivity index (χ2n) is 11.9. The average Bonchev–Trinajstić information content (AvgIpc) is 3.64. The summed E-state index contributed by atoms with van der Waals surface area (Å²) in [5, 5.41) is 8.27. The number of hydrogen-bond donors (Lipinski definition) is 2. The minimum absolute atomic E-state index is 0.00409. The molecular weight excluding hydrogens is 614 g/mol. The summed E-state index contributed by atoms with van der Waals surface area (Å²) < 4.78 is 24.4. The molecular formula is C36H32FN7O2S. The van der Waals surface area contributed by atoms with Crippen LogP contribution in [0.2, 0.25) is 0 Å². The Morgan fingerprint density at radius 2 is 1.91 bits per heavy atom. The van der Waals surface area contributed by atoms with Crippen molar-refractivity contribution in [1.82, 2.24) is 24.7 Å². The van der Waals surface area contributed by atoms with E-state index in [0.29, 0.717) is 34.4 Å². The monoisotopic (exact) mass is 645 g/mol. The van der Waals surface area contributed by atoms with Gasteiger partial charge in [0.1, 0.15) is 5.82 Å². The van der Waals surface area contributed by atoms with Crippen molar-refractivity contribution < 1.29 is 13.9 Å². The van der Waals surface area contributed by atoms with Crippen molar-refractivity contribution in [2.24, 2.45) is 0 Å². The lowest BCUT2D eigenvalue weighted by molar-refractivity contribution is -0.112. The Balaban J connectivity index is 1.39. The zero-order chi connectivity index (χ0) is 32.8. The number of ether oxygens (including phenoxy) is 1. The van der Waals surface area contributed by atoms with Crippen LogP contribution in [0, 0.1) is 19.7 Å². The topological polar surface area (TPSA) is 121 Å². The minimum atomic E-state index is -0.572. The Kier molecular flexibility index (Phi) is 7.77. The fourth-order valence-electron chi connectivity index (χ4n) is 5.67. The number of nitrogens with zero attached hydrogens (tertiary/aromatic N) is 5. The van der Waals surface area contributed by atoms with Crippen LogP contribution in [0.25, 0.3) is 42.8 Å². The van der Waals surface area contributed by atoms with Crippen LogP contribution in [0.5, 0.6) is 11.8 Å². The third-order valence-corrected chi connectivity index (χ3v) is 9.67. The van der Waals surface area contributed by atoms with Crippen LogP contribution in [0.4, 0.5) is 15.9 Å². The number of thiophene rings is 1. The van der Waals surface area contributed by atoms with Crippen LogP contribution >= 0.6 is 11.3 Å². The van der Waals surface area contributed by atoms with Crippen molar-refractivity contribution in [3.8, 4) is 44.5 Å². The molecule has 1 amide bonds. The van der Waals surface area contributed by atoms with Gasteiger partial charge in [-0.3, -0.25) is 9.48 Å². The number of aromatic nitrogens is 5. The summed E-state index contributed by atoms with van der Waals surface area (Å²) in [6, 6.07) is 12.7. The van der Waals surface area contributed by atoms with Gasteiger partial charge in [0.15, 0.2) is 11.6 Å². The number of anilines is 2. The number of fused-ring (bicyclic) bond motifs is 1. The van der Waals surface area contributed by atoms with Gasteiger partial charge in [-0.15, -0.1) is 11.3 Å². The molecule has 4 aromatic heterocycles. The van der Waals surface area contributed by atoms with Crippen molar-refractivity contribution in [2.75, 3.05) is 11.1 Å². The molecule has 0 unspecified atom stereocenters. The lowest BCUT2D eigenvalue weighted by Crippen LogP contribution is -2.16. The van der Waals surface area contributed by atoms with Crippen LogP contribution in [0.3, 0.4) is 0 Å². The number of hydrogen-bond acceptors (Lipinski definition) is 8. The first-order valence-electron chi connectivity index (χ1n) is 15.3. The number of carbonyl (C=O) groups excluding carboxylic acids is 1. The Hall–Kier alpha value is -5.42. The van der Waals surface area contributed by atoms with Gasteiger partial charge in [0.2, 0.25) is 0 Å². The molecule has 0 aliphatic heterocycles. The summed E-state index contributed by atoms with van der Waals surface area (Å²) >= 11 is 1.57. The van der Waals surface area contributed by atoms with Crippen molar-refractivity contribution in [2.45, 2.75) is 46.1 Å². The molecule has 0 bridgehead atoms. The van der Waals surface area contributed by atoms with Crippen LogP contribution < -0.4 is 15.8 Å². The lowest BCUT2D eigenvalue weighted by Gasteiger charge is -2.25. The molecule has 1 saturated carbocycles. The molecule has 9 nitrogen and oxygen atoms in total. The van der Waals surface area contributed by atoms with Gasteiger partial charge in [0.25, 0.3) is 5.91 Å². The summed E-state index contributed by atoms with van der Waals surface area (Å²) in [7, 11) is 0. The van der Waals surface area contributed by atoms with E-state index in [9.17, 15) is 4.79 Å². The zero-order valence-corrected chi connectivity index (χ0v) is 27.0. The molecule has 0 atom stereocenters. The molecule has 47 heavy (non-hydrogen) atoms. The quantitative estimate of drug-likeness (QED) is 0.159. The number of nitrogen functional groups attached to an aromatic ring is 1. The SMILES string of the molecule is C=C(C)C(=O)Nc1ccc(-c2sc3c(-c4cnn(C5CCC5)c4)cnc(N)c3c2-c2ccc(Oc3nccc(C)n3)c(F)c2)c(C)c1. The van der Waals surface area contributed by atoms with E-state index in [1.165, 1.54) is 12.5 Å². The predicted octanol–water partition coefficient (Wildman–Crippen LogP) is 8.65. The normalized spacial score (nSPS) is 13.0. The molecule has 1 aliphatic rings. The van der Waals surface area contributed by atoms with E-state index in [4.69, 9.17) is 10.5 Å². The third kappa shape index (κ3) is 5.74. The van der Waals surface area contributed by atoms with Crippen LogP contribution in [-0.4, -0.2) is 30.6 Å². The molecule has 11 heteroatoms. The second-order valence-corrected chi connectivity index (χ2v) is 12.9. The second kappa shape index (κ2) is 12.1. The number of amides is 1. The Labute approximate surface area is 275 Å². The fraction of sp³-hybridized carbons (Fsp3) is 0.194. The molecule has 3 N–H and O–H groups in total. The lowest BCUT2D eigenvalue weighted by atomic mass is 9.93. The number of nitrogens with two attached hydrogens (primary N) is 1. The Morgan fingerprint density at radius 1 is 1.09 bits per heavy atom. The van der Waals surface area contributed by atoms with Crippen LogP contribution in [-0.2, 0) is 4.79 Å². The largest absolute Gasteiger partial charge is 0.421 e. The predicted molar refractivity (Wildman–Crippen MR) is 184 cm³/mol. The summed E-state index contributed by atoms with van der Waals surface area (Å²) in [6.07, 6.45) is 10.7. The van der Waals surface area contributed by atoms with Crippen molar-refractivity contribution in [3.05, 3.63) is 96.5 Å². The number of carbonyl (C=O) groups is 1. The van der Waals surface area contributed by atoms with Gasteiger partial charge in [-0.1, -0.05) is 18.7 Å². The highest BCUT2D eigenvalue weighted by Crippen LogP contribution is 2.50. The molecule has 0 spiro atoms. The highest BCUT2D eigenvalue weighted by atomic mass is 32.1. The zero-order valence-electron chi connectivity index (χ0n) is 26.2. The Morgan fingerprint density at radius 3 is 2.62 bits per heavy atom. The van der Waals surface area contributed by atoms with Crippen molar-refractivity contribution in [1.29, 1.82) is 0 Å². The van der Waals surface area contributed by atoms with E-state index < -0.39 is 5.82 Å². The summed E-state index contributed by atoms with van der Waals surface area (Å²) in [4.78, 5) is 26.1. The molecule has 4 heterocycles. The van der Waals surface area contributed by atoms with E-state index in [-0.39, 0.29) is 17.7 Å². The standard InChI is InChI=1S/C36H32FN7O2S/c1-19(2)35(45)43-24-9-10-26(20(3)14-24)32-30(22-8-11-29(28(37)15-22)46-36-39-13-12-21(4)42-36)31-33(47-32)27(17-40-34(31)38)23-16-41-44(18-23)25-6-5-7-25/h8-18,25H,1,5-7H2,2-4H3,(H2,38,40)(H,43,45). The van der Waals surface area contributed by atoms with Gasteiger partial charge < -0.3 is 15.8 Å². The molecule has 1 aliphatic carbocycles. The van der Waals surface area contributed by atoms with Gasteiger partial charge >= 0.3 is 6.01 Å². The maximum Gasteiger partial charge on any atom is 0.322 e. The maximum atomic E-state index is 15.8. The molecule has 0 radical (unpaired) electrons. The highest BCUT2D eigenvalue weighted by Gasteiger charge is 2.25. The van der Waals surface area contributed by atoms with E-state index in [1.807, 2.05) is 42.9 Å². The molecule has 7 rings (SSSR count). The average molecular weight is 646 g/mol. The van der Waals surface area contributed by atoms with Crippen LogP contribution in [0.1, 0.15) is 43.5 Å². The third-order valence-electron chi connectivity index (χ3n) is 8.41. The number of rotatable bonds is 8. The first kappa shape index (κ1) is 30.2. The minimum Gasteiger partial charge on any atom is -0.421 e. The molecule has 236 valence electrons. The number of aryl methyl sites for hydroxylation is 2. The van der Waals surface area contributed by atoms with Crippen LogP contribution in [0.15, 0.2) is 79.4 Å². The van der Waals surface area contributed by atoms with E-state index in [2.05, 4.69) is 38.1 Å². The van der Waals surface area contributed by atoms with Gasteiger partial charge in [-0.05, 0) is 87.1 Å². The van der Waals surface area contributed by atoms with E-state index >= 15 is 4.39 Å². The van der Waals surface area contributed by atoms with Gasteiger partial charge in [0, 0.05) is 67.2 Å². The van der Waals surface area contributed by atoms with Gasteiger partial charge in [0.05, 0.1) is 12.2 Å².